The van der Waals surface area contributed by atoms with Crippen LogP contribution in [0.2, 0.25) is 0 Å². The van der Waals surface area contributed by atoms with Gasteiger partial charge in [0.15, 0.2) is 0 Å². The van der Waals surface area contributed by atoms with Crippen LogP contribution in [-0.4, -0.2) is 31.5 Å². The van der Waals surface area contributed by atoms with Crippen molar-refractivity contribution in [3.05, 3.63) is 12.8 Å². The summed E-state index contributed by atoms with van der Waals surface area (Å²) in [4.78, 5) is 0. The SMILES string of the molecule is C=COCCCCCCC(C)(OCC1CO1)C1CCCCC1. The molecule has 128 valence electrons. The molecule has 0 aromatic heterocycles. The molecule has 2 unspecified atom stereocenters. The number of hydrogen-bond donors (Lipinski definition) is 0. The number of rotatable bonds is 12. The van der Waals surface area contributed by atoms with E-state index in [-0.39, 0.29) is 5.60 Å². The normalized spacial score (nSPS) is 24.7. The first-order valence-electron chi connectivity index (χ1n) is 9.23. The summed E-state index contributed by atoms with van der Waals surface area (Å²) < 4.78 is 16.9. The van der Waals surface area contributed by atoms with Gasteiger partial charge in [0, 0.05) is 0 Å². The van der Waals surface area contributed by atoms with Gasteiger partial charge in [-0.25, -0.2) is 0 Å². The fourth-order valence-electron chi connectivity index (χ4n) is 3.65. The van der Waals surface area contributed by atoms with E-state index < -0.39 is 0 Å². The molecule has 1 aliphatic heterocycles. The molecule has 22 heavy (non-hydrogen) atoms. The summed E-state index contributed by atoms with van der Waals surface area (Å²) in [5.74, 6) is 0.740. The maximum atomic E-state index is 6.38. The first-order valence-corrected chi connectivity index (χ1v) is 9.23. The Morgan fingerprint density at radius 1 is 1.14 bits per heavy atom. The van der Waals surface area contributed by atoms with Crippen molar-refractivity contribution in [3.63, 3.8) is 0 Å². The minimum absolute atomic E-state index is 0.0595. The third-order valence-electron chi connectivity index (χ3n) is 5.27. The summed E-state index contributed by atoms with van der Waals surface area (Å²) in [5, 5.41) is 0. The molecule has 2 atom stereocenters. The van der Waals surface area contributed by atoms with Gasteiger partial charge in [-0.3, -0.25) is 0 Å². The van der Waals surface area contributed by atoms with E-state index in [1.54, 1.807) is 0 Å². The standard InChI is InChI=1S/C19H34O3/c1-3-20-14-10-5-4-9-13-19(2,22-16-18-15-21-18)17-11-7-6-8-12-17/h3,17-18H,1,4-16H2,2H3. The van der Waals surface area contributed by atoms with E-state index in [9.17, 15) is 0 Å². The minimum atomic E-state index is 0.0595. The van der Waals surface area contributed by atoms with Gasteiger partial charge in [-0.05, 0) is 38.5 Å². The van der Waals surface area contributed by atoms with Crippen LogP contribution in [0.15, 0.2) is 12.8 Å². The summed E-state index contributed by atoms with van der Waals surface area (Å²) in [7, 11) is 0. The first-order chi connectivity index (χ1) is 10.7. The molecule has 1 heterocycles. The van der Waals surface area contributed by atoms with Gasteiger partial charge in [-0.1, -0.05) is 45.1 Å². The molecule has 0 N–H and O–H groups in total. The van der Waals surface area contributed by atoms with E-state index in [1.807, 2.05) is 0 Å². The Kier molecular flexibility index (Phi) is 7.74. The van der Waals surface area contributed by atoms with Gasteiger partial charge in [-0.15, -0.1) is 0 Å². The van der Waals surface area contributed by atoms with Crippen molar-refractivity contribution in [2.24, 2.45) is 5.92 Å². The average molecular weight is 310 g/mol. The molecule has 2 aliphatic rings. The van der Waals surface area contributed by atoms with E-state index in [1.165, 1.54) is 64.0 Å². The number of epoxide rings is 1. The Balaban J connectivity index is 1.69. The zero-order valence-corrected chi connectivity index (χ0v) is 14.4. The van der Waals surface area contributed by atoms with Crippen molar-refractivity contribution >= 4 is 0 Å². The molecular weight excluding hydrogens is 276 g/mol. The van der Waals surface area contributed by atoms with Crippen molar-refractivity contribution in [2.75, 3.05) is 19.8 Å². The van der Waals surface area contributed by atoms with Crippen LogP contribution in [0.4, 0.5) is 0 Å². The largest absolute Gasteiger partial charge is 0.502 e. The number of ether oxygens (including phenoxy) is 3. The highest BCUT2D eigenvalue weighted by Gasteiger charge is 2.37. The number of hydrogen-bond acceptors (Lipinski definition) is 3. The highest BCUT2D eigenvalue weighted by molar-refractivity contribution is 4.87. The summed E-state index contributed by atoms with van der Waals surface area (Å²) in [6, 6.07) is 0. The molecule has 0 aromatic carbocycles. The van der Waals surface area contributed by atoms with Gasteiger partial charge in [-0.2, -0.15) is 0 Å². The van der Waals surface area contributed by atoms with E-state index in [0.717, 1.165) is 32.2 Å². The van der Waals surface area contributed by atoms with Crippen LogP contribution in [-0.2, 0) is 14.2 Å². The summed E-state index contributed by atoms with van der Waals surface area (Å²) in [5.41, 5.74) is 0.0595. The van der Waals surface area contributed by atoms with Crippen molar-refractivity contribution in [2.45, 2.75) is 82.8 Å². The fourth-order valence-corrected chi connectivity index (χ4v) is 3.65. The highest BCUT2D eigenvalue weighted by atomic mass is 16.6. The van der Waals surface area contributed by atoms with Crippen LogP contribution >= 0.6 is 0 Å². The predicted octanol–water partition coefficient (Wildman–Crippen LogP) is 4.85. The lowest BCUT2D eigenvalue weighted by atomic mass is 9.75. The molecule has 3 heteroatoms. The first kappa shape index (κ1) is 17.8. The average Bonchev–Trinajstić information content (AvgIpc) is 3.37. The second kappa shape index (κ2) is 9.57. The molecule has 1 saturated heterocycles. The predicted molar refractivity (Wildman–Crippen MR) is 89.9 cm³/mol. The lowest BCUT2D eigenvalue weighted by Gasteiger charge is -2.40. The van der Waals surface area contributed by atoms with Crippen LogP contribution in [0.25, 0.3) is 0 Å². The van der Waals surface area contributed by atoms with Gasteiger partial charge < -0.3 is 14.2 Å². The molecule has 0 spiro atoms. The lowest BCUT2D eigenvalue weighted by molar-refractivity contribution is -0.0942. The Labute approximate surface area is 136 Å². The fraction of sp³-hybridized carbons (Fsp3) is 0.895. The molecule has 0 radical (unpaired) electrons. The monoisotopic (exact) mass is 310 g/mol. The van der Waals surface area contributed by atoms with Gasteiger partial charge in [0.2, 0.25) is 0 Å². The third-order valence-corrected chi connectivity index (χ3v) is 5.27. The molecule has 3 nitrogen and oxygen atoms in total. The molecule has 2 rings (SSSR count). The van der Waals surface area contributed by atoms with E-state index in [4.69, 9.17) is 14.2 Å². The Morgan fingerprint density at radius 2 is 1.86 bits per heavy atom. The van der Waals surface area contributed by atoms with Crippen LogP contribution in [0, 0.1) is 5.92 Å². The van der Waals surface area contributed by atoms with Crippen LogP contribution in [0.1, 0.15) is 71.1 Å². The zero-order valence-electron chi connectivity index (χ0n) is 14.4. The molecule has 0 bridgehead atoms. The second-order valence-corrected chi connectivity index (χ2v) is 7.12. The molecular formula is C19H34O3. The molecule has 1 aliphatic carbocycles. The van der Waals surface area contributed by atoms with E-state index in [0.29, 0.717) is 6.10 Å². The minimum Gasteiger partial charge on any atom is -0.502 e. The topological polar surface area (TPSA) is 31.0 Å². The smallest absolute Gasteiger partial charge is 0.104 e. The van der Waals surface area contributed by atoms with E-state index >= 15 is 0 Å². The quantitative estimate of drug-likeness (QED) is 0.293. The Morgan fingerprint density at radius 3 is 2.55 bits per heavy atom. The van der Waals surface area contributed by atoms with Gasteiger partial charge in [0.05, 0.1) is 31.7 Å². The maximum Gasteiger partial charge on any atom is 0.104 e. The van der Waals surface area contributed by atoms with Gasteiger partial charge in [0.25, 0.3) is 0 Å². The summed E-state index contributed by atoms with van der Waals surface area (Å²) in [6.45, 7) is 8.41. The molecule has 2 fully saturated rings. The molecule has 0 aromatic rings. The van der Waals surface area contributed by atoms with E-state index in [2.05, 4.69) is 13.5 Å². The Bertz CT molecular complexity index is 308. The van der Waals surface area contributed by atoms with Crippen molar-refractivity contribution in [1.29, 1.82) is 0 Å². The third kappa shape index (κ3) is 6.29. The van der Waals surface area contributed by atoms with Crippen molar-refractivity contribution in [3.8, 4) is 0 Å². The van der Waals surface area contributed by atoms with Crippen LogP contribution in [0.5, 0.6) is 0 Å². The summed E-state index contributed by atoms with van der Waals surface area (Å²) >= 11 is 0. The van der Waals surface area contributed by atoms with Gasteiger partial charge in [0.1, 0.15) is 6.10 Å². The van der Waals surface area contributed by atoms with Crippen molar-refractivity contribution < 1.29 is 14.2 Å². The lowest BCUT2D eigenvalue weighted by Crippen LogP contribution is -2.40. The molecule has 1 saturated carbocycles. The second-order valence-electron chi connectivity index (χ2n) is 7.12. The maximum absolute atomic E-state index is 6.38. The van der Waals surface area contributed by atoms with Crippen molar-refractivity contribution in [1.82, 2.24) is 0 Å². The van der Waals surface area contributed by atoms with Gasteiger partial charge >= 0.3 is 0 Å². The summed E-state index contributed by atoms with van der Waals surface area (Å²) in [6.07, 6.45) is 14.8. The van der Waals surface area contributed by atoms with Crippen LogP contribution < -0.4 is 0 Å². The Hall–Kier alpha value is -0.540. The molecule has 0 amide bonds. The highest BCUT2D eigenvalue weighted by Crippen LogP contribution is 2.38. The zero-order chi connectivity index (χ0) is 15.7. The van der Waals surface area contributed by atoms with Crippen LogP contribution in [0.3, 0.4) is 0 Å². The number of unbranched alkanes of at least 4 members (excludes halogenated alkanes) is 3.